The summed E-state index contributed by atoms with van der Waals surface area (Å²) in [6.45, 7) is 3.82. The summed E-state index contributed by atoms with van der Waals surface area (Å²) in [5, 5.41) is 0. The van der Waals surface area contributed by atoms with Crippen molar-refractivity contribution in [3.05, 3.63) is 0 Å². The number of sulfonamides is 1. The van der Waals surface area contributed by atoms with Gasteiger partial charge in [-0.05, 0) is 49.9 Å². The van der Waals surface area contributed by atoms with Gasteiger partial charge in [0.05, 0.1) is 6.26 Å². The van der Waals surface area contributed by atoms with Gasteiger partial charge in [-0.1, -0.05) is 22.9 Å². The second-order valence-electron chi connectivity index (χ2n) is 6.48. The molecule has 5 heteroatoms. The molecule has 1 aliphatic heterocycles. The molecule has 0 spiro atoms. The van der Waals surface area contributed by atoms with Crippen molar-refractivity contribution >= 4 is 26.0 Å². The molecule has 0 aromatic carbocycles. The van der Waals surface area contributed by atoms with Crippen molar-refractivity contribution in [1.29, 1.82) is 0 Å². The summed E-state index contributed by atoms with van der Waals surface area (Å²) >= 11 is 3.72. The van der Waals surface area contributed by atoms with Gasteiger partial charge in [0, 0.05) is 17.9 Å². The minimum atomic E-state index is -3.00. The predicted molar refractivity (Wildman–Crippen MR) is 78.4 cm³/mol. The van der Waals surface area contributed by atoms with Crippen LogP contribution < -0.4 is 0 Å². The molecule has 18 heavy (non-hydrogen) atoms. The number of rotatable bonds is 3. The van der Waals surface area contributed by atoms with Gasteiger partial charge in [0.1, 0.15) is 0 Å². The van der Waals surface area contributed by atoms with E-state index in [1.807, 2.05) is 0 Å². The van der Waals surface area contributed by atoms with Crippen molar-refractivity contribution in [2.24, 2.45) is 11.3 Å². The largest absolute Gasteiger partial charge is 0.213 e. The number of nitrogens with zero attached hydrogens (tertiary/aromatic N) is 1. The average molecular weight is 338 g/mol. The van der Waals surface area contributed by atoms with Crippen molar-refractivity contribution in [2.75, 3.05) is 19.3 Å². The normalized spacial score (nSPS) is 39.1. The van der Waals surface area contributed by atoms with E-state index in [9.17, 15) is 8.42 Å². The van der Waals surface area contributed by atoms with Crippen molar-refractivity contribution in [3.8, 4) is 0 Å². The predicted octanol–water partition coefficient (Wildman–Crippen LogP) is 3.00. The molecule has 0 amide bonds. The summed E-state index contributed by atoms with van der Waals surface area (Å²) in [4.78, 5) is 0.664. The Bertz CT molecular complexity index is 398. The van der Waals surface area contributed by atoms with Crippen LogP contribution >= 0.6 is 15.9 Å². The summed E-state index contributed by atoms with van der Waals surface area (Å²) in [7, 11) is -3.00. The molecule has 106 valence electrons. The lowest BCUT2D eigenvalue weighted by Crippen LogP contribution is -2.40. The molecule has 0 N–H and O–H groups in total. The van der Waals surface area contributed by atoms with Gasteiger partial charge in [-0.3, -0.25) is 0 Å². The molecule has 0 bridgehead atoms. The summed E-state index contributed by atoms with van der Waals surface area (Å²) in [6.07, 6.45) is 8.50. The van der Waals surface area contributed by atoms with Crippen molar-refractivity contribution in [2.45, 2.75) is 50.3 Å². The first kappa shape index (κ1) is 14.8. The molecule has 3 atom stereocenters. The molecular formula is C13H24BrNO2S. The zero-order valence-electron chi connectivity index (χ0n) is 11.4. The van der Waals surface area contributed by atoms with Crippen LogP contribution in [0.1, 0.15) is 45.4 Å². The molecule has 0 aromatic heterocycles. The molecule has 1 heterocycles. The smallest absolute Gasteiger partial charge is 0.211 e. The van der Waals surface area contributed by atoms with E-state index in [0.717, 1.165) is 13.0 Å². The Kier molecular flexibility index (Phi) is 4.44. The molecule has 1 aliphatic carbocycles. The van der Waals surface area contributed by atoms with Crippen LogP contribution in [0.2, 0.25) is 0 Å². The highest BCUT2D eigenvalue weighted by Crippen LogP contribution is 2.46. The van der Waals surface area contributed by atoms with Crippen LogP contribution in [0.3, 0.4) is 0 Å². The van der Waals surface area contributed by atoms with Crippen LogP contribution in [0.5, 0.6) is 0 Å². The van der Waals surface area contributed by atoms with Gasteiger partial charge in [-0.25, -0.2) is 12.7 Å². The lowest BCUT2D eigenvalue weighted by molar-refractivity contribution is 0.181. The maximum atomic E-state index is 11.6. The molecule has 3 unspecified atom stereocenters. The maximum Gasteiger partial charge on any atom is 0.211 e. The SMILES string of the molecule is CC1(CC2CCCN(S(C)(=O)=O)C2)CCC(Br)C1. The summed E-state index contributed by atoms with van der Waals surface area (Å²) in [5.41, 5.74) is 0.416. The molecule has 1 saturated heterocycles. The van der Waals surface area contributed by atoms with Crippen LogP contribution in [-0.2, 0) is 10.0 Å². The number of piperidine rings is 1. The van der Waals surface area contributed by atoms with Crippen molar-refractivity contribution in [1.82, 2.24) is 4.31 Å². The van der Waals surface area contributed by atoms with Crippen LogP contribution in [-0.4, -0.2) is 36.9 Å². The Hall–Kier alpha value is 0.390. The fourth-order valence-electron chi connectivity index (χ4n) is 3.62. The summed E-state index contributed by atoms with van der Waals surface area (Å²) < 4.78 is 24.9. The maximum absolute atomic E-state index is 11.6. The lowest BCUT2D eigenvalue weighted by Gasteiger charge is -2.36. The van der Waals surface area contributed by atoms with E-state index >= 15 is 0 Å². The fraction of sp³-hybridized carbons (Fsp3) is 1.00. The Balaban J connectivity index is 1.94. The van der Waals surface area contributed by atoms with Gasteiger partial charge in [0.2, 0.25) is 10.0 Å². The third-order valence-corrected chi connectivity index (χ3v) is 6.56. The highest BCUT2D eigenvalue weighted by atomic mass is 79.9. The molecule has 3 nitrogen and oxygen atoms in total. The van der Waals surface area contributed by atoms with E-state index < -0.39 is 10.0 Å². The first-order chi connectivity index (χ1) is 8.28. The minimum Gasteiger partial charge on any atom is -0.213 e. The number of halogens is 1. The summed E-state index contributed by atoms with van der Waals surface area (Å²) in [5.74, 6) is 0.552. The zero-order chi connectivity index (χ0) is 13.4. The highest BCUT2D eigenvalue weighted by molar-refractivity contribution is 9.09. The quantitative estimate of drug-likeness (QED) is 0.742. The van der Waals surface area contributed by atoms with Crippen LogP contribution in [0.4, 0.5) is 0 Å². The van der Waals surface area contributed by atoms with E-state index in [2.05, 4.69) is 22.9 Å². The van der Waals surface area contributed by atoms with Crippen LogP contribution in [0.25, 0.3) is 0 Å². The second kappa shape index (κ2) is 5.41. The van der Waals surface area contributed by atoms with Crippen molar-refractivity contribution < 1.29 is 8.42 Å². The highest BCUT2D eigenvalue weighted by Gasteiger charge is 2.37. The average Bonchev–Trinajstić information content (AvgIpc) is 2.57. The first-order valence-electron chi connectivity index (χ1n) is 6.88. The van der Waals surface area contributed by atoms with Gasteiger partial charge in [-0.2, -0.15) is 0 Å². The van der Waals surface area contributed by atoms with E-state index in [4.69, 9.17) is 0 Å². The second-order valence-corrected chi connectivity index (χ2v) is 9.76. The van der Waals surface area contributed by atoms with Gasteiger partial charge in [-0.15, -0.1) is 0 Å². The zero-order valence-corrected chi connectivity index (χ0v) is 13.8. The molecular weight excluding hydrogens is 314 g/mol. The van der Waals surface area contributed by atoms with E-state index in [1.165, 1.54) is 38.4 Å². The van der Waals surface area contributed by atoms with Gasteiger partial charge in [0.25, 0.3) is 0 Å². The monoisotopic (exact) mass is 337 g/mol. The minimum absolute atomic E-state index is 0.416. The van der Waals surface area contributed by atoms with Gasteiger partial charge in [0.15, 0.2) is 0 Å². The Morgan fingerprint density at radius 2 is 2.11 bits per heavy atom. The van der Waals surface area contributed by atoms with Crippen LogP contribution in [0.15, 0.2) is 0 Å². The van der Waals surface area contributed by atoms with Crippen molar-refractivity contribution in [3.63, 3.8) is 0 Å². The van der Waals surface area contributed by atoms with Crippen LogP contribution in [0, 0.1) is 11.3 Å². The topological polar surface area (TPSA) is 37.4 Å². The molecule has 1 saturated carbocycles. The standard InChI is InChI=1S/C13H24BrNO2S/c1-13(6-5-12(14)9-13)8-11-4-3-7-15(10-11)18(2,16)17/h11-12H,3-10H2,1-2H3. The third-order valence-electron chi connectivity index (χ3n) is 4.51. The summed E-state index contributed by atoms with van der Waals surface area (Å²) in [6, 6.07) is 0. The first-order valence-corrected chi connectivity index (χ1v) is 9.64. The lowest BCUT2D eigenvalue weighted by atomic mass is 9.77. The molecule has 2 rings (SSSR count). The molecule has 0 radical (unpaired) electrons. The Morgan fingerprint density at radius 1 is 1.39 bits per heavy atom. The third kappa shape index (κ3) is 3.70. The Morgan fingerprint density at radius 3 is 2.67 bits per heavy atom. The van der Waals surface area contributed by atoms with Gasteiger partial charge < -0.3 is 0 Å². The van der Waals surface area contributed by atoms with E-state index in [0.29, 0.717) is 22.7 Å². The van der Waals surface area contributed by atoms with E-state index in [1.54, 1.807) is 4.31 Å². The van der Waals surface area contributed by atoms with E-state index in [-0.39, 0.29) is 0 Å². The number of hydrogen-bond donors (Lipinski definition) is 0. The molecule has 0 aromatic rings. The number of hydrogen-bond acceptors (Lipinski definition) is 2. The molecule has 2 aliphatic rings. The molecule has 2 fully saturated rings. The Labute approximate surface area is 119 Å². The fourth-order valence-corrected chi connectivity index (χ4v) is 5.57. The van der Waals surface area contributed by atoms with Gasteiger partial charge >= 0.3 is 0 Å². The number of alkyl halides is 1.